The number of nitro benzene ring substituents is 1. The molecule has 0 bridgehead atoms. The van der Waals surface area contributed by atoms with Crippen molar-refractivity contribution in [1.82, 2.24) is 0 Å². The number of carbonyl (C=O) groups is 1. The molecule has 0 amide bonds. The lowest BCUT2D eigenvalue weighted by Gasteiger charge is -2.11. The smallest absolute Gasteiger partial charge is 0.330 e. The fourth-order valence-electron chi connectivity index (χ4n) is 2.33. The number of aliphatic imine (C=N–C) groups is 1. The highest BCUT2D eigenvalue weighted by atomic mass is 16.6. The topological polar surface area (TPSA) is 111 Å². The highest BCUT2D eigenvalue weighted by Crippen LogP contribution is 2.28. The summed E-state index contributed by atoms with van der Waals surface area (Å²) in [6.07, 6.45) is 1.47. The van der Waals surface area contributed by atoms with E-state index in [9.17, 15) is 20.0 Å². The first-order valence-electron chi connectivity index (χ1n) is 7.66. The van der Waals surface area contributed by atoms with Crippen molar-refractivity contribution in [3.63, 3.8) is 0 Å². The molecule has 2 aromatic carbocycles. The zero-order valence-electron chi connectivity index (χ0n) is 14.3. The summed E-state index contributed by atoms with van der Waals surface area (Å²) in [5, 5.41) is 20.9. The van der Waals surface area contributed by atoms with Gasteiger partial charge in [0.1, 0.15) is 5.75 Å². The molecule has 2 aromatic rings. The fourth-order valence-corrected chi connectivity index (χ4v) is 2.33. The Morgan fingerprint density at radius 2 is 2.04 bits per heavy atom. The molecule has 0 fully saturated rings. The van der Waals surface area contributed by atoms with Crippen LogP contribution in [0.1, 0.15) is 11.1 Å². The average Bonchev–Trinajstić information content (AvgIpc) is 2.65. The van der Waals surface area contributed by atoms with Crippen LogP contribution in [0.15, 0.2) is 47.5 Å². The van der Waals surface area contributed by atoms with Crippen LogP contribution in [-0.4, -0.2) is 42.5 Å². The standard InChI is InChI=1S/C18H18N2O6/c1-25-17-8-7-12(10-15(17)20(23)24)9-14(18(22)26-2)19-11-13-5-3-4-6-16(13)21/h3-8,10-11,14,21H,9H2,1-2H3/t14-/m1/s1. The van der Waals surface area contributed by atoms with Crippen LogP contribution in [0.25, 0.3) is 0 Å². The summed E-state index contributed by atoms with van der Waals surface area (Å²) in [4.78, 5) is 26.8. The van der Waals surface area contributed by atoms with E-state index < -0.39 is 16.9 Å². The number of rotatable bonds is 7. The van der Waals surface area contributed by atoms with Crippen molar-refractivity contribution in [2.45, 2.75) is 12.5 Å². The van der Waals surface area contributed by atoms with Crippen LogP contribution in [0.4, 0.5) is 5.69 Å². The number of phenolic OH excluding ortho intramolecular Hbond substituents is 1. The predicted octanol–water partition coefficient (Wildman–Crippen LogP) is 2.51. The number of phenols is 1. The molecule has 136 valence electrons. The maximum absolute atomic E-state index is 12.0. The van der Waals surface area contributed by atoms with Crippen LogP contribution in [0.5, 0.6) is 11.5 Å². The molecule has 0 heterocycles. The van der Waals surface area contributed by atoms with Gasteiger partial charge in [-0.1, -0.05) is 18.2 Å². The second-order valence-corrected chi connectivity index (χ2v) is 5.34. The van der Waals surface area contributed by atoms with Crippen molar-refractivity contribution in [2.75, 3.05) is 14.2 Å². The molecular formula is C18H18N2O6. The quantitative estimate of drug-likeness (QED) is 0.352. The first kappa shape index (κ1) is 18.9. The Hall–Kier alpha value is -3.42. The van der Waals surface area contributed by atoms with Crippen molar-refractivity contribution in [2.24, 2.45) is 4.99 Å². The van der Waals surface area contributed by atoms with Gasteiger partial charge in [-0.25, -0.2) is 4.79 Å². The number of esters is 1. The van der Waals surface area contributed by atoms with Crippen molar-refractivity contribution in [3.05, 3.63) is 63.7 Å². The summed E-state index contributed by atoms with van der Waals surface area (Å²) in [7, 11) is 2.58. The van der Waals surface area contributed by atoms with Gasteiger partial charge in [-0.3, -0.25) is 15.1 Å². The fraction of sp³-hybridized carbons (Fsp3) is 0.222. The van der Waals surface area contributed by atoms with Gasteiger partial charge < -0.3 is 14.6 Å². The number of hydrogen-bond donors (Lipinski definition) is 1. The minimum atomic E-state index is -0.910. The van der Waals surface area contributed by atoms with Crippen molar-refractivity contribution in [3.8, 4) is 11.5 Å². The van der Waals surface area contributed by atoms with Gasteiger partial charge in [-0.05, 0) is 23.8 Å². The number of nitro groups is 1. The van der Waals surface area contributed by atoms with Crippen molar-refractivity contribution in [1.29, 1.82) is 0 Å². The van der Waals surface area contributed by atoms with Crippen LogP contribution in [0.2, 0.25) is 0 Å². The molecule has 0 aromatic heterocycles. The Bertz CT molecular complexity index is 834. The molecule has 0 spiro atoms. The molecule has 0 aliphatic rings. The minimum absolute atomic E-state index is 0.0277. The predicted molar refractivity (Wildman–Crippen MR) is 94.9 cm³/mol. The number of nitrogens with zero attached hydrogens (tertiary/aromatic N) is 2. The number of ether oxygens (including phenoxy) is 2. The molecule has 8 nitrogen and oxygen atoms in total. The molecule has 1 atom stereocenters. The van der Waals surface area contributed by atoms with E-state index >= 15 is 0 Å². The summed E-state index contributed by atoms with van der Waals surface area (Å²) in [5.41, 5.74) is 0.780. The molecule has 0 aliphatic heterocycles. The van der Waals surface area contributed by atoms with Crippen LogP contribution in [-0.2, 0) is 16.0 Å². The maximum atomic E-state index is 12.0. The largest absolute Gasteiger partial charge is 0.507 e. The van der Waals surface area contributed by atoms with E-state index in [0.717, 1.165) is 0 Å². The van der Waals surface area contributed by atoms with Gasteiger partial charge in [0.25, 0.3) is 0 Å². The van der Waals surface area contributed by atoms with Gasteiger partial charge in [0, 0.05) is 24.3 Å². The molecule has 1 N–H and O–H groups in total. The lowest BCUT2D eigenvalue weighted by atomic mass is 10.0. The van der Waals surface area contributed by atoms with E-state index in [1.807, 2.05) is 0 Å². The molecule has 0 saturated heterocycles. The second kappa shape index (κ2) is 8.61. The van der Waals surface area contributed by atoms with Crippen LogP contribution >= 0.6 is 0 Å². The first-order chi connectivity index (χ1) is 12.5. The van der Waals surface area contributed by atoms with Gasteiger partial charge in [0.05, 0.1) is 19.1 Å². The normalized spacial score (nSPS) is 11.9. The molecule has 0 aliphatic carbocycles. The Balaban J connectivity index is 2.29. The van der Waals surface area contributed by atoms with Gasteiger partial charge in [0.15, 0.2) is 11.8 Å². The van der Waals surface area contributed by atoms with Gasteiger partial charge >= 0.3 is 11.7 Å². The Morgan fingerprint density at radius 3 is 2.65 bits per heavy atom. The highest BCUT2D eigenvalue weighted by molar-refractivity contribution is 5.86. The molecule has 26 heavy (non-hydrogen) atoms. The minimum Gasteiger partial charge on any atom is -0.507 e. The number of methoxy groups -OCH3 is 2. The summed E-state index contributed by atoms with van der Waals surface area (Å²) in [6, 6.07) is 10.1. The summed E-state index contributed by atoms with van der Waals surface area (Å²) < 4.78 is 9.72. The van der Waals surface area contributed by atoms with E-state index in [2.05, 4.69) is 4.99 Å². The van der Waals surface area contributed by atoms with Crippen molar-refractivity contribution < 1.29 is 24.3 Å². The first-order valence-corrected chi connectivity index (χ1v) is 7.66. The monoisotopic (exact) mass is 358 g/mol. The third-order valence-corrected chi connectivity index (χ3v) is 3.67. The zero-order chi connectivity index (χ0) is 19.1. The van der Waals surface area contributed by atoms with Crippen molar-refractivity contribution >= 4 is 17.9 Å². The maximum Gasteiger partial charge on any atom is 0.330 e. The molecule has 0 saturated carbocycles. The third kappa shape index (κ3) is 4.56. The van der Waals surface area contributed by atoms with E-state index in [1.54, 1.807) is 24.3 Å². The molecule has 0 radical (unpaired) electrons. The molecule has 8 heteroatoms. The lowest BCUT2D eigenvalue weighted by molar-refractivity contribution is -0.385. The SMILES string of the molecule is COC(=O)[C@@H](Cc1ccc(OC)c([N+](=O)[O-])c1)N=Cc1ccccc1O. The zero-order valence-corrected chi connectivity index (χ0v) is 14.3. The lowest BCUT2D eigenvalue weighted by Crippen LogP contribution is -2.23. The second-order valence-electron chi connectivity index (χ2n) is 5.34. The number of para-hydroxylation sites is 1. The molecular weight excluding hydrogens is 340 g/mol. The summed E-state index contributed by atoms with van der Waals surface area (Å²) in [6.45, 7) is 0. The average molecular weight is 358 g/mol. The van der Waals surface area contributed by atoms with E-state index in [4.69, 9.17) is 9.47 Å². The van der Waals surface area contributed by atoms with E-state index in [0.29, 0.717) is 11.1 Å². The highest BCUT2D eigenvalue weighted by Gasteiger charge is 2.21. The van der Waals surface area contributed by atoms with Gasteiger partial charge in [-0.15, -0.1) is 0 Å². The Kier molecular flexibility index (Phi) is 6.26. The molecule has 2 rings (SSSR count). The van der Waals surface area contributed by atoms with Crippen LogP contribution < -0.4 is 4.74 Å². The van der Waals surface area contributed by atoms with Crippen LogP contribution in [0.3, 0.4) is 0 Å². The van der Waals surface area contributed by atoms with E-state index in [-0.39, 0.29) is 23.6 Å². The number of hydrogen-bond acceptors (Lipinski definition) is 7. The Morgan fingerprint density at radius 1 is 1.31 bits per heavy atom. The molecule has 0 unspecified atom stereocenters. The van der Waals surface area contributed by atoms with E-state index in [1.165, 1.54) is 38.6 Å². The summed E-state index contributed by atoms with van der Waals surface area (Å²) >= 11 is 0. The van der Waals surface area contributed by atoms with Crippen LogP contribution in [0, 0.1) is 10.1 Å². The number of benzene rings is 2. The third-order valence-electron chi connectivity index (χ3n) is 3.67. The van der Waals surface area contributed by atoms with Gasteiger partial charge in [0.2, 0.25) is 0 Å². The summed E-state index contributed by atoms with van der Waals surface area (Å²) in [5.74, 6) is -0.429. The number of aromatic hydroxyl groups is 1. The van der Waals surface area contributed by atoms with Gasteiger partial charge in [-0.2, -0.15) is 0 Å². The Labute approximate surface area is 149 Å². The number of carbonyl (C=O) groups excluding carboxylic acids is 1.